The average molecular weight is 327 g/mol. The molecule has 0 radical (unpaired) electrons. The third-order valence-corrected chi connectivity index (χ3v) is 4.25. The number of nitrogens with zero attached hydrogens (tertiary/aromatic N) is 1. The Bertz CT molecular complexity index is 771. The van der Waals surface area contributed by atoms with Gasteiger partial charge in [0.1, 0.15) is 5.82 Å². The van der Waals surface area contributed by atoms with Crippen LogP contribution in [0.25, 0.3) is 0 Å². The Hall–Kier alpha value is -2.69. The summed E-state index contributed by atoms with van der Waals surface area (Å²) < 4.78 is 13.0. The standard InChI is InChI=1S/C19H18FNO3/c20-16-4-1-13(2-5-16)12-21-10-9-14-11-15(3-6-17(14)21)18(22)7-8-19(23)24/h1-6,11H,7-10,12H2,(H,23,24). The second kappa shape index (κ2) is 6.83. The molecule has 0 aromatic heterocycles. The van der Waals surface area contributed by atoms with Crippen molar-refractivity contribution < 1.29 is 19.1 Å². The van der Waals surface area contributed by atoms with Crippen LogP contribution in [0, 0.1) is 5.82 Å². The molecule has 0 bridgehead atoms. The van der Waals surface area contributed by atoms with E-state index in [0.29, 0.717) is 12.1 Å². The third kappa shape index (κ3) is 3.62. The number of hydrogen-bond donors (Lipinski definition) is 1. The molecular formula is C19H18FNO3. The third-order valence-electron chi connectivity index (χ3n) is 4.25. The first kappa shape index (κ1) is 16.2. The monoisotopic (exact) mass is 327 g/mol. The number of Topliss-reactive ketones (excluding diaryl/α,β-unsaturated/α-hetero) is 1. The first-order chi connectivity index (χ1) is 11.5. The van der Waals surface area contributed by atoms with E-state index in [1.807, 2.05) is 12.1 Å². The predicted octanol–water partition coefficient (Wildman–Crippen LogP) is 3.44. The molecule has 5 heteroatoms. The molecule has 1 heterocycles. The van der Waals surface area contributed by atoms with Crippen molar-refractivity contribution in [1.29, 1.82) is 0 Å². The fraction of sp³-hybridized carbons (Fsp3) is 0.263. The number of hydrogen-bond acceptors (Lipinski definition) is 3. The highest BCUT2D eigenvalue weighted by Crippen LogP contribution is 2.30. The van der Waals surface area contributed by atoms with Gasteiger partial charge in [0.25, 0.3) is 0 Å². The van der Waals surface area contributed by atoms with E-state index in [4.69, 9.17) is 5.11 Å². The minimum absolute atomic E-state index is 0.0212. The second-order valence-electron chi connectivity index (χ2n) is 5.96. The van der Waals surface area contributed by atoms with Gasteiger partial charge in [0.05, 0.1) is 6.42 Å². The number of halogens is 1. The minimum Gasteiger partial charge on any atom is -0.481 e. The predicted molar refractivity (Wildman–Crippen MR) is 88.8 cm³/mol. The van der Waals surface area contributed by atoms with Crippen LogP contribution < -0.4 is 4.90 Å². The van der Waals surface area contributed by atoms with Gasteiger partial charge in [-0.2, -0.15) is 0 Å². The fourth-order valence-electron chi connectivity index (χ4n) is 2.98. The van der Waals surface area contributed by atoms with Crippen molar-refractivity contribution >= 4 is 17.4 Å². The Kier molecular flexibility index (Phi) is 4.60. The maximum Gasteiger partial charge on any atom is 0.303 e. The molecule has 4 nitrogen and oxygen atoms in total. The van der Waals surface area contributed by atoms with Crippen LogP contribution >= 0.6 is 0 Å². The van der Waals surface area contributed by atoms with Crippen molar-refractivity contribution in [3.63, 3.8) is 0 Å². The van der Waals surface area contributed by atoms with Crippen LogP contribution in [-0.4, -0.2) is 23.4 Å². The lowest BCUT2D eigenvalue weighted by molar-refractivity contribution is -0.136. The van der Waals surface area contributed by atoms with Gasteiger partial charge in [-0.1, -0.05) is 12.1 Å². The summed E-state index contributed by atoms with van der Waals surface area (Å²) in [6.45, 7) is 1.54. The highest BCUT2D eigenvalue weighted by molar-refractivity contribution is 5.98. The summed E-state index contributed by atoms with van der Waals surface area (Å²) in [5, 5.41) is 8.67. The van der Waals surface area contributed by atoms with Crippen LogP contribution in [0.1, 0.15) is 34.3 Å². The molecule has 1 N–H and O–H groups in total. The lowest BCUT2D eigenvalue weighted by Crippen LogP contribution is -2.19. The number of carboxylic acid groups (broad SMARTS) is 1. The average Bonchev–Trinajstić information content (AvgIpc) is 2.97. The molecule has 0 spiro atoms. The fourth-order valence-corrected chi connectivity index (χ4v) is 2.98. The van der Waals surface area contributed by atoms with E-state index < -0.39 is 5.97 Å². The number of rotatable bonds is 6. The van der Waals surface area contributed by atoms with E-state index >= 15 is 0 Å². The van der Waals surface area contributed by atoms with Gasteiger partial charge in [0.2, 0.25) is 0 Å². The Morgan fingerprint density at radius 1 is 1.08 bits per heavy atom. The first-order valence-electron chi connectivity index (χ1n) is 7.90. The van der Waals surface area contributed by atoms with Crippen LogP contribution in [0.5, 0.6) is 0 Å². The smallest absolute Gasteiger partial charge is 0.303 e. The van der Waals surface area contributed by atoms with Crippen LogP contribution in [0.15, 0.2) is 42.5 Å². The molecule has 2 aromatic rings. The molecule has 1 aliphatic heterocycles. The summed E-state index contributed by atoms with van der Waals surface area (Å²) in [5.41, 5.74) is 3.77. The molecule has 0 aliphatic carbocycles. The van der Waals surface area contributed by atoms with Gasteiger partial charge in [-0.15, -0.1) is 0 Å². The number of fused-ring (bicyclic) bond motifs is 1. The topological polar surface area (TPSA) is 57.6 Å². The van der Waals surface area contributed by atoms with Gasteiger partial charge in [0.15, 0.2) is 5.78 Å². The maximum absolute atomic E-state index is 13.0. The zero-order chi connectivity index (χ0) is 17.1. The van der Waals surface area contributed by atoms with E-state index in [2.05, 4.69) is 4.90 Å². The van der Waals surface area contributed by atoms with E-state index in [1.54, 1.807) is 18.2 Å². The summed E-state index contributed by atoms with van der Waals surface area (Å²) in [6.07, 6.45) is 0.719. The molecule has 0 unspecified atom stereocenters. The van der Waals surface area contributed by atoms with Gasteiger partial charge in [-0.3, -0.25) is 9.59 Å². The molecule has 24 heavy (non-hydrogen) atoms. The van der Waals surface area contributed by atoms with E-state index in [9.17, 15) is 14.0 Å². The van der Waals surface area contributed by atoms with Crippen molar-refractivity contribution in [1.82, 2.24) is 0 Å². The normalized spacial score (nSPS) is 13.0. The largest absolute Gasteiger partial charge is 0.481 e. The van der Waals surface area contributed by atoms with Crippen molar-refractivity contribution in [3.8, 4) is 0 Å². The molecular weight excluding hydrogens is 309 g/mol. The van der Waals surface area contributed by atoms with Crippen molar-refractivity contribution in [2.24, 2.45) is 0 Å². The van der Waals surface area contributed by atoms with E-state index in [1.165, 1.54) is 12.1 Å². The molecule has 0 amide bonds. The molecule has 0 saturated heterocycles. The van der Waals surface area contributed by atoms with Gasteiger partial charge < -0.3 is 10.0 Å². The SMILES string of the molecule is O=C(O)CCC(=O)c1ccc2c(c1)CCN2Cc1ccc(F)cc1. The second-order valence-corrected chi connectivity index (χ2v) is 5.96. The van der Waals surface area contributed by atoms with Crippen LogP contribution in [0.2, 0.25) is 0 Å². The molecule has 0 fully saturated rings. The van der Waals surface area contributed by atoms with E-state index in [0.717, 1.165) is 29.8 Å². The molecule has 124 valence electrons. The number of carbonyl (C=O) groups is 2. The first-order valence-corrected chi connectivity index (χ1v) is 7.90. The van der Waals surface area contributed by atoms with Crippen molar-refractivity contribution in [2.75, 3.05) is 11.4 Å². The number of carbonyl (C=O) groups excluding carboxylic acids is 1. The zero-order valence-electron chi connectivity index (χ0n) is 13.2. The lowest BCUT2D eigenvalue weighted by atomic mass is 10.0. The number of benzene rings is 2. The Morgan fingerprint density at radius 2 is 1.83 bits per heavy atom. The van der Waals surface area contributed by atoms with Crippen LogP contribution in [0.4, 0.5) is 10.1 Å². The van der Waals surface area contributed by atoms with Crippen LogP contribution in [-0.2, 0) is 17.8 Å². The lowest BCUT2D eigenvalue weighted by Gasteiger charge is -2.19. The number of anilines is 1. The highest BCUT2D eigenvalue weighted by atomic mass is 19.1. The summed E-state index contributed by atoms with van der Waals surface area (Å²) >= 11 is 0. The summed E-state index contributed by atoms with van der Waals surface area (Å²) in [7, 11) is 0. The molecule has 0 saturated carbocycles. The Balaban J connectivity index is 1.72. The van der Waals surface area contributed by atoms with Gasteiger partial charge in [-0.05, 0) is 47.9 Å². The number of aliphatic carboxylic acids is 1. The molecule has 0 atom stereocenters. The molecule has 3 rings (SSSR count). The Labute approximate surface area is 139 Å². The minimum atomic E-state index is -0.963. The Morgan fingerprint density at radius 3 is 2.54 bits per heavy atom. The molecule has 2 aromatic carbocycles. The number of carboxylic acids is 1. The summed E-state index contributed by atoms with van der Waals surface area (Å²) in [6, 6.07) is 12.0. The quantitative estimate of drug-likeness (QED) is 0.826. The maximum atomic E-state index is 13.0. The van der Waals surface area contributed by atoms with Crippen molar-refractivity contribution in [3.05, 3.63) is 65.0 Å². The zero-order valence-corrected chi connectivity index (χ0v) is 13.2. The summed E-state index contributed by atoms with van der Waals surface area (Å²) in [5.74, 6) is -1.35. The van der Waals surface area contributed by atoms with Crippen molar-refractivity contribution in [2.45, 2.75) is 25.8 Å². The van der Waals surface area contributed by atoms with Gasteiger partial charge in [0, 0.05) is 30.8 Å². The summed E-state index contributed by atoms with van der Waals surface area (Å²) in [4.78, 5) is 24.8. The number of ketones is 1. The molecule has 1 aliphatic rings. The van der Waals surface area contributed by atoms with E-state index in [-0.39, 0.29) is 24.4 Å². The van der Waals surface area contributed by atoms with Gasteiger partial charge in [-0.25, -0.2) is 4.39 Å². The highest BCUT2D eigenvalue weighted by Gasteiger charge is 2.20. The van der Waals surface area contributed by atoms with Gasteiger partial charge >= 0.3 is 5.97 Å². The van der Waals surface area contributed by atoms with Crippen LogP contribution in [0.3, 0.4) is 0 Å².